The quantitative estimate of drug-likeness (QED) is 0.676. The molecule has 2 fully saturated rings. The Morgan fingerprint density at radius 2 is 1.81 bits per heavy atom. The summed E-state index contributed by atoms with van der Waals surface area (Å²) < 4.78 is 2.17. The molecule has 0 radical (unpaired) electrons. The van der Waals surface area contributed by atoms with Crippen molar-refractivity contribution >= 4 is 17.0 Å². The highest BCUT2D eigenvalue weighted by Crippen LogP contribution is 2.36. The third-order valence-corrected chi connectivity index (χ3v) is 7.23. The van der Waals surface area contributed by atoms with Crippen LogP contribution in [-0.4, -0.2) is 61.0 Å². The van der Waals surface area contributed by atoms with E-state index in [1.807, 2.05) is 6.20 Å². The fraction of sp³-hybridized carbons (Fsp3) is 0.792. The molecule has 2 aromatic rings. The largest absolute Gasteiger partial charge is 0.393 e. The summed E-state index contributed by atoms with van der Waals surface area (Å²) in [6.07, 6.45) is 9.95. The molecule has 7 nitrogen and oxygen atoms in total. The van der Waals surface area contributed by atoms with Crippen molar-refractivity contribution in [1.29, 1.82) is 0 Å². The van der Waals surface area contributed by atoms with Crippen molar-refractivity contribution in [3.63, 3.8) is 0 Å². The number of aliphatic hydroxyl groups is 1. The number of piperidine rings is 1. The zero-order valence-electron chi connectivity index (χ0n) is 19.7. The van der Waals surface area contributed by atoms with Gasteiger partial charge in [0.15, 0.2) is 5.65 Å². The van der Waals surface area contributed by atoms with E-state index in [4.69, 9.17) is 10.1 Å². The number of aromatic nitrogens is 4. The Balaban J connectivity index is 1.64. The van der Waals surface area contributed by atoms with Gasteiger partial charge in [-0.1, -0.05) is 13.3 Å². The predicted octanol–water partition coefficient (Wildman–Crippen LogP) is 4.49. The van der Waals surface area contributed by atoms with E-state index in [-0.39, 0.29) is 6.10 Å². The molecule has 2 aliphatic rings. The molecule has 0 aromatic carbocycles. The van der Waals surface area contributed by atoms with Crippen molar-refractivity contribution in [3.05, 3.63) is 11.9 Å². The zero-order valence-corrected chi connectivity index (χ0v) is 19.7. The Morgan fingerprint density at radius 3 is 2.45 bits per heavy atom. The van der Waals surface area contributed by atoms with Gasteiger partial charge in [-0.15, -0.1) is 0 Å². The molecule has 0 unspecified atom stereocenters. The summed E-state index contributed by atoms with van der Waals surface area (Å²) >= 11 is 0. The third kappa shape index (κ3) is 5.03. The number of nitrogens with one attached hydrogen (secondary N) is 1. The maximum atomic E-state index is 9.99. The lowest BCUT2D eigenvalue weighted by atomic mass is 9.92. The standard InChI is InChI=1S/C24H40N6O/c1-5-6-17(4)26-24-25-15-21-22(18-11-13-29(14-12-18)16(2)3)28-30(23(21)27-24)19-7-9-20(31)10-8-19/h15-20,31H,5-14H2,1-4H3,(H,25,26,27)/t17-,19?,20?/m0/s1. The van der Waals surface area contributed by atoms with E-state index in [1.54, 1.807) is 0 Å². The Hall–Kier alpha value is -1.73. The fourth-order valence-corrected chi connectivity index (χ4v) is 5.29. The van der Waals surface area contributed by atoms with Crippen LogP contribution in [0.1, 0.15) is 96.7 Å². The molecule has 0 spiro atoms. The van der Waals surface area contributed by atoms with Gasteiger partial charge in [0.1, 0.15) is 0 Å². The summed E-state index contributed by atoms with van der Waals surface area (Å²) in [5.41, 5.74) is 2.14. The van der Waals surface area contributed by atoms with E-state index < -0.39 is 0 Å². The minimum atomic E-state index is -0.167. The van der Waals surface area contributed by atoms with Crippen molar-refractivity contribution in [2.75, 3.05) is 18.4 Å². The van der Waals surface area contributed by atoms with Crippen LogP contribution in [0.5, 0.6) is 0 Å². The van der Waals surface area contributed by atoms with E-state index in [0.717, 1.165) is 75.5 Å². The Bertz CT molecular complexity index is 849. The van der Waals surface area contributed by atoms with Gasteiger partial charge in [-0.05, 0) is 78.8 Å². The van der Waals surface area contributed by atoms with Gasteiger partial charge in [0.2, 0.25) is 5.95 Å². The molecular weight excluding hydrogens is 388 g/mol. The van der Waals surface area contributed by atoms with Gasteiger partial charge in [0, 0.05) is 24.2 Å². The lowest BCUT2D eigenvalue weighted by Crippen LogP contribution is -2.38. The van der Waals surface area contributed by atoms with Crippen molar-refractivity contribution < 1.29 is 5.11 Å². The molecule has 1 saturated carbocycles. The topological polar surface area (TPSA) is 79.1 Å². The van der Waals surface area contributed by atoms with Gasteiger partial charge in [-0.2, -0.15) is 10.1 Å². The average molecular weight is 429 g/mol. The van der Waals surface area contributed by atoms with Crippen molar-refractivity contribution in [2.24, 2.45) is 0 Å². The molecule has 3 heterocycles. The van der Waals surface area contributed by atoms with Crippen LogP contribution < -0.4 is 5.32 Å². The minimum Gasteiger partial charge on any atom is -0.393 e. The van der Waals surface area contributed by atoms with Gasteiger partial charge < -0.3 is 15.3 Å². The van der Waals surface area contributed by atoms with Crippen LogP contribution in [0.2, 0.25) is 0 Å². The van der Waals surface area contributed by atoms with Crippen molar-refractivity contribution in [2.45, 2.75) is 109 Å². The molecule has 1 aliphatic carbocycles. The normalized spacial score (nSPS) is 24.7. The first kappa shape index (κ1) is 22.5. The Labute approximate surface area is 186 Å². The van der Waals surface area contributed by atoms with Crippen LogP contribution in [0.25, 0.3) is 11.0 Å². The summed E-state index contributed by atoms with van der Waals surface area (Å²) in [6, 6.07) is 1.26. The highest BCUT2D eigenvalue weighted by molar-refractivity contribution is 5.79. The highest BCUT2D eigenvalue weighted by atomic mass is 16.3. The average Bonchev–Trinajstić information content (AvgIpc) is 3.13. The summed E-state index contributed by atoms with van der Waals surface area (Å²) in [4.78, 5) is 12.2. The van der Waals surface area contributed by atoms with Crippen LogP contribution in [-0.2, 0) is 0 Å². The van der Waals surface area contributed by atoms with Crippen LogP contribution >= 0.6 is 0 Å². The number of hydrogen-bond acceptors (Lipinski definition) is 6. The van der Waals surface area contributed by atoms with Gasteiger partial charge >= 0.3 is 0 Å². The van der Waals surface area contributed by atoms with E-state index >= 15 is 0 Å². The first-order valence-corrected chi connectivity index (χ1v) is 12.4. The molecular formula is C24H40N6O. The smallest absolute Gasteiger partial charge is 0.224 e. The van der Waals surface area contributed by atoms with E-state index in [1.165, 1.54) is 5.69 Å². The molecule has 4 rings (SSSR count). The maximum Gasteiger partial charge on any atom is 0.224 e. The number of anilines is 1. The number of fused-ring (bicyclic) bond motifs is 1. The minimum absolute atomic E-state index is 0.167. The number of hydrogen-bond donors (Lipinski definition) is 2. The lowest BCUT2D eigenvalue weighted by molar-refractivity contribution is 0.108. The first-order chi connectivity index (χ1) is 15.0. The summed E-state index contributed by atoms with van der Waals surface area (Å²) in [7, 11) is 0. The molecule has 0 amide bonds. The molecule has 1 aliphatic heterocycles. The van der Waals surface area contributed by atoms with E-state index in [2.05, 4.69) is 47.6 Å². The molecule has 31 heavy (non-hydrogen) atoms. The molecule has 2 aromatic heterocycles. The number of nitrogens with zero attached hydrogens (tertiary/aromatic N) is 5. The molecule has 7 heteroatoms. The van der Waals surface area contributed by atoms with Crippen LogP contribution in [0.3, 0.4) is 0 Å². The highest BCUT2D eigenvalue weighted by Gasteiger charge is 2.30. The van der Waals surface area contributed by atoms with Crippen LogP contribution in [0, 0.1) is 0 Å². The number of rotatable bonds is 7. The zero-order chi connectivity index (χ0) is 22.0. The molecule has 0 bridgehead atoms. The van der Waals surface area contributed by atoms with Crippen LogP contribution in [0.15, 0.2) is 6.20 Å². The Kier molecular flexibility index (Phi) is 7.12. The second-order valence-electron chi connectivity index (χ2n) is 9.96. The summed E-state index contributed by atoms with van der Waals surface area (Å²) in [5.74, 6) is 1.17. The van der Waals surface area contributed by atoms with Gasteiger partial charge in [0.25, 0.3) is 0 Å². The SMILES string of the molecule is CCC[C@H](C)Nc1ncc2c(C3CCN(C(C)C)CC3)nn(C3CCC(O)CC3)c2n1. The van der Waals surface area contributed by atoms with Crippen molar-refractivity contribution in [3.8, 4) is 0 Å². The second-order valence-corrected chi connectivity index (χ2v) is 9.96. The fourth-order valence-electron chi connectivity index (χ4n) is 5.29. The number of aliphatic hydroxyl groups excluding tert-OH is 1. The van der Waals surface area contributed by atoms with E-state index in [0.29, 0.717) is 30.0 Å². The summed E-state index contributed by atoms with van der Waals surface area (Å²) in [5, 5.41) is 19.7. The number of likely N-dealkylation sites (tertiary alicyclic amines) is 1. The van der Waals surface area contributed by atoms with Gasteiger partial charge in [0.05, 0.1) is 23.2 Å². The van der Waals surface area contributed by atoms with Crippen molar-refractivity contribution in [1.82, 2.24) is 24.6 Å². The molecule has 2 N–H and O–H groups in total. The second kappa shape index (κ2) is 9.82. The molecule has 1 saturated heterocycles. The summed E-state index contributed by atoms with van der Waals surface area (Å²) in [6.45, 7) is 11.2. The molecule has 1 atom stereocenters. The molecule has 172 valence electrons. The maximum absolute atomic E-state index is 9.99. The third-order valence-electron chi connectivity index (χ3n) is 7.23. The first-order valence-electron chi connectivity index (χ1n) is 12.4. The Morgan fingerprint density at radius 1 is 1.10 bits per heavy atom. The monoisotopic (exact) mass is 428 g/mol. The van der Waals surface area contributed by atoms with E-state index in [9.17, 15) is 5.11 Å². The van der Waals surface area contributed by atoms with Gasteiger partial charge in [-0.3, -0.25) is 0 Å². The lowest BCUT2D eigenvalue weighted by Gasteiger charge is -2.34. The van der Waals surface area contributed by atoms with Gasteiger partial charge in [-0.25, -0.2) is 9.67 Å². The van der Waals surface area contributed by atoms with Crippen LogP contribution in [0.4, 0.5) is 5.95 Å². The predicted molar refractivity (Wildman–Crippen MR) is 126 cm³/mol.